The number of hydrogen-bond donors (Lipinski definition) is 1. The number of carbonyl (C=O) groups is 1. The number of nitrogens with two attached hydrogens (primary N) is 1. The van der Waals surface area contributed by atoms with E-state index < -0.39 is 18.0 Å². The average Bonchev–Trinajstić information content (AvgIpc) is 2.34. The van der Waals surface area contributed by atoms with Crippen molar-refractivity contribution in [3.8, 4) is 6.07 Å². The zero-order chi connectivity index (χ0) is 12.8. The van der Waals surface area contributed by atoms with Crippen LogP contribution in [0.3, 0.4) is 0 Å². The molecule has 17 heavy (non-hydrogen) atoms. The predicted octanol–water partition coefficient (Wildman–Crippen LogP) is 2.22. The third-order valence-electron chi connectivity index (χ3n) is 2.54. The molecule has 0 aliphatic rings. The van der Waals surface area contributed by atoms with Gasteiger partial charge < -0.3 is 10.5 Å². The summed E-state index contributed by atoms with van der Waals surface area (Å²) < 4.78 is 5.06. The topological polar surface area (TPSA) is 76.1 Å². The van der Waals surface area contributed by atoms with Crippen LogP contribution in [0.4, 0.5) is 5.69 Å². The number of benzene rings is 1. The van der Waals surface area contributed by atoms with Crippen LogP contribution in [0.5, 0.6) is 0 Å². The van der Waals surface area contributed by atoms with E-state index in [0.29, 0.717) is 12.1 Å². The maximum absolute atomic E-state index is 11.8. The number of carbonyl (C=O) groups excluding carboxylic acids is 1. The lowest BCUT2D eigenvalue weighted by Gasteiger charge is -2.14. The molecule has 0 saturated heterocycles. The van der Waals surface area contributed by atoms with Crippen molar-refractivity contribution >= 4 is 11.7 Å². The van der Waals surface area contributed by atoms with E-state index in [9.17, 15) is 4.79 Å². The Kier molecular flexibility index (Phi) is 4.53. The smallest absolute Gasteiger partial charge is 0.314 e. The molecule has 0 aromatic heterocycles. The molecule has 2 unspecified atom stereocenters. The first-order valence-corrected chi connectivity index (χ1v) is 5.54. The molecule has 4 nitrogen and oxygen atoms in total. The molecule has 0 spiro atoms. The number of rotatable bonds is 4. The molecule has 90 valence electrons. The third-order valence-corrected chi connectivity index (χ3v) is 2.54. The van der Waals surface area contributed by atoms with Crippen LogP contribution in [0, 0.1) is 11.3 Å². The summed E-state index contributed by atoms with van der Waals surface area (Å²) in [5, 5.41) is 8.72. The van der Waals surface area contributed by atoms with Crippen LogP contribution in [0.1, 0.15) is 31.7 Å². The van der Waals surface area contributed by atoms with Crippen molar-refractivity contribution in [1.29, 1.82) is 5.26 Å². The monoisotopic (exact) mass is 232 g/mol. The van der Waals surface area contributed by atoms with Crippen LogP contribution in [-0.2, 0) is 9.53 Å². The van der Waals surface area contributed by atoms with Crippen molar-refractivity contribution in [2.75, 3.05) is 5.73 Å². The van der Waals surface area contributed by atoms with Gasteiger partial charge in [-0.25, -0.2) is 0 Å². The minimum absolute atomic E-state index is 0.399. The van der Waals surface area contributed by atoms with Gasteiger partial charge in [0.1, 0.15) is 6.07 Å². The second-order valence-electron chi connectivity index (χ2n) is 3.85. The molecular formula is C13H16N2O2. The van der Waals surface area contributed by atoms with Gasteiger partial charge in [-0.2, -0.15) is 5.26 Å². The van der Waals surface area contributed by atoms with Gasteiger partial charge in [-0.1, -0.05) is 19.1 Å². The fourth-order valence-electron chi connectivity index (χ4n) is 1.41. The van der Waals surface area contributed by atoms with Crippen molar-refractivity contribution in [2.45, 2.75) is 32.3 Å². The van der Waals surface area contributed by atoms with E-state index >= 15 is 0 Å². The molecule has 0 radical (unpaired) electrons. The molecular weight excluding hydrogens is 216 g/mol. The standard InChI is InChI=1S/C13H16N2O2/c1-3-12(8-14)17-13(16)9(2)10-5-4-6-11(15)7-10/h4-7,9,12H,3,15H2,1-2H3. The lowest BCUT2D eigenvalue weighted by Crippen LogP contribution is -2.20. The largest absolute Gasteiger partial charge is 0.446 e. The van der Waals surface area contributed by atoms with Crippen molar-refractivity contribution in [1.82, 2.24) is 0 Å². The van der Waals surface area contributed by atoms with Gasteiger partial charge in [0.2, 0.25) is 0 Å². The summed E-state index contributed by atoms with van der Waals surface area (Å²) in [7, 11) is 0. The second-order valence-corrected chi connectivity index (χ2v) is 3.85. The van der Waals surface area contributed by atoms with E-state index in [4.69, 9.17) is 15.7 Å². The predicted molar refractivity (Wildman–Crippen MR) is 65.1 cm³/mol. The summed E-state index contributed by atoms with van der Waals surface area (Å²) in [5.41, 5.74) is 7.05. The Morgan fingerprint density at radius 3 is 2.82 bits per heavy atom. The Morgan fingerprint density at radius 1 is 1.59 bits per heavy atom. The molecule has 0 saturated carbocycles. The van der Waals surface area contributed by atoms with Crippen LogP contribution in [0.2, 0.25) is 0 Å². The van der Waals surface area contributed by atoms with Crippen LogP contribution in [-0.4, -0.2) is 12.1 Å². The Labute approximate surface area is 101 Å². The fraction of sp³-hybridized carbons (Fsp3) is 0.385. The zero-order valence-corrected chi connectivity index (χ0v) is 10.0. The van der Waals surface area contributed by atoms with Crippen LogP contribution >= 0.6 is 0 Å². The van der Waals surface area contributed by atoms with Gasteiger partial charge in [0.05, 0.1) is 5.92 Å². The highest BCUT2D eigenvalue weighted by Gasteiger charge is 2.20. The van der Waals surface area contributed by atoms with Gasteiger partial charge >= 0.3 is 5.97 Å². The van der Waals surface area contributed by atoms with Gasteiger partial charge in [0.25, 0.3) is 0 Å². The highest BCUT2D eigenvalue weighted by molar-refractivity contribution is 5.78. The van der Waals surface area contributed by atoms with E-state index in [-0.39, 0.29) is 0 Å². The quantitative estimate of drug-likeness (QED) is 0.638. The third kappa shape index (κ3) is 3.49. The zero-order valence-electron chi connectivity index (χ0n) is 10.0. The number of nitriles is 1. The number of nitrogen functional groups attached to an aromatic ring is 1. The lowest BCUT2D eigenvalue weighted by molar-refractivity contribution is -0.148. The summed E-state index contributed by atoms with van der Waals surface area (Å²) in [6.45, 7) is 3.54. The van der Waals surface area contributed by atoms with Crippen molar-refractivity contribution in [2.24, 2.45) is 0 Å². The number of esters is 1. The lowest BCUT2D eigenvalue weighted by atomic mass is 10.0. The molecule has 1 rings (SSSR count). The maximum atomic E-state index is 11.8. The molecule has 0 fully saturated rings. The highest BCUT2D eigenvalue weighted by atomic mass is 16.5. The van der Waals surface area contributed by atoms with E-state index in [0.717, 1.165) is 5.56 Å². The first-order valence-electron chi connectivity index (χ1n) is 5.54. The van der Waals surface area contributed by atoms with E-state index in [2.05, 4.69) is 0 Å². The van der Waals surface area contributed by atoms with E-state index in [1.165, 1.54) is 0 Å². The maximum Gasteiger partial charge on any atom is 0.314 e. The van der Waals surface area contributed by atoms with Crippen molar-refractivity contribution in [3.63, 3.8) is 0 Å². The molecule has 0 amide bonds. The summed E-state index contributed by atoms with van der Waals surface area (Å²) in [4.78, 5) is 11.8. The number of anilines is 1. The summed E-state index contributed by atoms with van der Waals surface area (Å²) in [6, 6.07) is 9.03. The Balaban J connectivity index is 2.74. The minimum atomic E-state index is -0.675. The van der Waals surface area contributed by atoms with Crippen LogP contribution in [0.15, 0.2) is 24.3 Å². The molecule has 1 aromatic carbocycles. The van der Waals surface area contributed by atoms with E-state index in [1.807, 2.05) is 12.1 Å². The Morgan fingerprint density at radius 2 is 2.29 bits per heavy atom. The number of nitrogens with zero attached hydrogens (tertiary/aromatic N) is 1. The molecule has 2 N–H and O–H groups in total. The van der Waals surface area contributed by atoms with Gasteiger partial charge in [0.15, 0.2) is 6.10 Å². The number of hydrogen-bond acceptors (Lipinski definition) is 4. The first-order chi connectivity index (χ1) is 8.08. The van der Waals surface area contributed by atoms with Crippen molar-refractivity contribution < 1.29 is 9.53 Å². The minimum Gasteiger partial charge on any atom is -0.446 e. The van der Waals surface area contributed by atoms with Crippen LogP contribution in [0.25, 0.3) is 0 Å². The molecule has 4 heteroatoms. The SMILES string of the molecule is CCC(C#N)OC(=O)C(C)c1cccc(N)c1. The molecule has 0 aliphatic heterocycles. The van der Waals surface area contributed by atoms with Gasteiger partial charge in [0, 0.05) is 5.69 Å². The van der Waals surface area contributed by atoms with Crippen molar-refractivity contribution in [3.05, 3.63) is 29.8 Å². The van der Waals surface area contributed by atoms with Crippen LogP contribution < -0.4 is 5.73 Å². The van der Waals surface area contributed by atoms with Gasteiger partial charge in [-0.05, 0) is 31.0 Å². The second kappa shape index (κ2) is 5.90. The molecule has 0 heterocycles. The molecule has 0 bridgehead atoms. The highest BCUT2D eigenvalue weighted by Crippen LogP contribution is 2.19. The fourth-order valence-corrected chi connectivity index (χ4v) is 1.41. The summed E-state index contributed by atoms with van der Waals surface area (Å²) >= 11 is 0. The molecule has 2 atom stereocenters. The van der Waals surface area contributed by atoms with Gasteiger partial charge in [-0.3, -0.25) is 4.79 Å². The first kappa shape index (κ1) is 13.0. The Bertz CT molecular complexity index is 437. The summed E-state index contributed by atoms with van der Waals surface area (Å²) in [6.07, 6.45) is -0.183. The average molecular weight is 232 g/mol. The van der Waals surface area contributed by atoms with E-state index in [1.54, 1.807) is 32.0 Å². The Hall–Kier alpha value is -2.02. The summed E-state index contributed by atoms with van der Waals surface area (Å²) in [5.74, 6) is -0.815. The molecule has 1 aromatic rings. The normalized spacial score (nSPS) is 13.5. The molecule has 0 aliphatic carbocycles. The number of ether oxygens (including phenoxy) is 1. The van der Waals surface area contributed by atoms with Gasteiger partial charge in [-0.15, -0.1) is 0 Å².